The van der Waals surface area contributed by atoms with E-state index in [0.717, 1.165) is 21.8 Å². The minimum atomic E-state index is -4.58. The zero-order valence-electron chi connectivity index (χ0n) is 13.4. The Kier molecular flexibility index (Phi) is 3.80. The Morgan fingerprint density at radius 1 is 1.08 bits per heavy atom. The van der Waals surface area contributed by atoms with Crippen LogP contribution in [0, 0.1) is 12.7 Å². The second kappa shape index (κ2) is 5.91. The van der Waals surface area contributed by atoms with Gasteiger partial charge in [-0.15, -0.1) is 11.3 Å². The Hall–Kier alpha value is -2.74. The maximum Gasteiger partial charge on any atom is 0.417 e. The molecule has 0 aliphatic heterocycles. The highest BCUT2D eigenvalue weighted by Crippen LogP contribution is 2.38. The first-order chi connectivity index (χ1) is 12.3. The second-order valence-corrected chi connectivity index (χ2v) is 7.00. The largest absolute Gasteiger partial charge is 0.417 e. The number of benzene rings is 1. The van der Waals surface area contributed by atoms with Crippen molar-refractivity contribution in [2.24, 2.45) is 0 Å². The highest BCUT2D eigenvalue weighted by atomic mass is 32.1. The monoisotopic (exact) mass is 377 g/mol. The summed E-state index contributed by atoms with van der Waals surface area (Å²) in [7, 11) is 0. The predicted octanol–water partition coefficient (Wildman–Crippen LogP) is 5.62. The van der Waals surface area contributed by atoms with Crippen LogP contribution in [0.5, 0.6) is 0 Å². The molecule has 0 bridgehead atoms. The molecule has 0 fully saturated rings. The van der Waals surface area contributed by atoms with Crippen LogP contribution in [0.25, 0.3) is 27.3 Å². The van der Waals surface area contributed by atoms with Gasteiger partial charge in [0.2, 0.25) is 0 Å². The van der Waals surface area contributed by atoms with E-state index in [1.54, 1.807) is 12.1 Å². The molecule has 0 aliphatic rings. The first-order valence-corrected chi connectivity index (χ1v) is 8.44. The number of hydrogen-bond acceptors (Lipinski definition) is 3. The summed E-state index contributed by atoms with van der Waals surface area (Å²) in [4.78, 5) is 5.92. The van der Waals surface area contributed by atoms with Crippen LogP contribution in [0.15, 0.2) is 48.7 Å². The fraction of sp³-hybridized carbons (Fsp3) is 0.111. The first kappa shape index (κ1) is 16.7. The summed E-state index contributed by atoms with van der Waals surface area (Å²) in [5.41, 5.74) is -0.652. The Labute approximate surface area is 149 Å². The third kappa shape index (κ3) is 2.76. The maximum absolute atomic E-state index is 14.1. The van der Waals surface area contributed by atoms with Gasteiger partial charge in [-0.3, -0.25) is 0 Å². The van der Waals surface area contributed by atoms with Gasteiger partial charge in [0.1, 0.15) is 11.5 Å². The summed E-state index contributed by atoms with van der Waals surface area (Å²) < 4.78 is 56.0. The molecule has 0 spiro atoms. The smallest absolute Gasteiger partial charge is 0.227 e. The highest BCUT2D eigenvalue weighted by Gasteiger charge is 2.35. The van der Waals surface area contributed by atoms with E-state index in [2.05, 4.69) is 10.1 Å². The molecule has 3 heterocycles. The number of thiophene rings is 1. The molecule has 0 saturated carbocycles. The fourth-order valence-electron chi connectivity index (χ4n) is 2.73. The van der Waals surface area contributed by atoms with Gasteiger partial charge < -0.3 is 0 Å². The number of para-hydroxylation sites is 1. The third-order valence-corrected chi connectivity index (χ3v) is 4.94. The van der Waals surface area contributed by atoms with E-state index in [0.29, 0.717) is 4.88 Å². The summed E-state index contributed by atoms with van der Waals surface area (Å²) in [5.74, 6) is -0.592. The number of aromatic nitrogens is 3. The van der Waals surface area contributed by atoms with Crippen molar-refractivity contribution in [1.82, 2.24) is 14.8 Å². The highest BCUT2D eigenvalue weighted by molar-refractivity contribution is 7.15. The van der Waals surface area contributed by atoms with E-state index in [-0.39, 0.29) is 22.4 Å². The lowest BCUT2D eigenvalue weighted by Crippen LogP contribution is -2.07. The van der Waals surface area contributed by atoms with Gasteiger partial charge in [-0.1, -0.05) is 12.1 Å². The lowest BCUT2D eigenvalue weighted by Gasteiger charge is -2.11. The van der Waals surface area contributed by atoms with Crippen LogP contribution in [0.4, 0.5) is 17.6 Å². The van der Waals surface area contributed by atoms with Crippen LogP contribution >= 0.6 is 11.3 Å². The molecular formula is C18H11F4N3S. The molecule has 0 N–H and O–H groups in total. The van der Waals surface area contributed by atoms with Crippen molar-refractivity contribution in [3.63, 3.8) is 0 Å². The Balaban J connectivity index is 2.04. The lowest BCUT2D eigenvalue weighted by molar-refractivity contribution is -0.136. The molecule has 8 heteroatoms. The van der Waals surface area contributed by atoms with Crippen LogP contribution < -0.4 is 0 Å². The van der Waals surface area contributed by atoms with Gasteiger partial charge in [0.25, 0.3) is 0 Å². The Morgan fingerprint density at radius 3 is 2.50 bits per heavy atom. The molecular weight excluding hydrogens is 366 g/mol. The molecule has 0 aliphatic carbocycles. The average molecular weight is 377 g/mol. The first-order valence-electron chi connectivity index (χ1n) is 7.62. The molecule has 1 aromatic carbocycles. The summed E-state index contributed by atoms with van der Waals surface area (Å²) in [6.07, 6.45) is -3.51. The minimum absolute atomic E-state index is 0.0361. The number of alkyl halides is 3. The van der Waals surface area contributed by atoms with Gasteiger partial charge in [0.05, 0.1) is 27.7 Å². The standard InChI is InChI=1S/C18H11F4N3S/c1-10-6-7-16(26-10)14-8-12(18(20,21)22)11-9-23-25(17(11)24-14)15-5-3-2-4-13(15)19/h2-9H,1H3. The molecule has 4 rings (SSSR count). The van der Waals surface area contributed by atoms with Crippen LogP contribution in [0.3, 0.4) is 0 Å². The average Bonchev–Trinajstić information content (AvgIpc) is 3.20. The SMILES string of the molecule is Cc1ccc(-c2cc(C(F)(F)F)c3cnn(-c4ccccc4F)c3n2)s1. The Morgan fingerprint density at radius 2 is 1.85 bits per heavy atom. The summed E-state index contributed by atoms with van der Waals surface area (Å²) in [5, 5.41) is 3.79. The van der Waals surface area contributed by atoms with Crippen LogP contribution in [0.2, 0.25) is 0 Å². The molecule has 0 atom stereocenters. The summed E-state index contributed by atoms with van der Waals surface area (Å²) in [6, 6.07) is 10.3. The fourth-order valence-corrected chi connectivity index (χ4v) is 3.56. The van der Waals surface area contributed by atoms with Crippen molar-refractivity contribution in [3.05, 3.63) is 64.9 Å². The number of fused-ring (bicyclic) bond motifs is 1. The van der Waals surface area contributed by atoms with E-state index in [1.165, 1.54) is 29.5 Å². The molecule has 0 saturated heterocycles. The quantitative estimate of drug-likeness (QED) is 0.425. The van der Waals surface area contributed by atoms with Gasteiger partial charge in [0.15, 0.2) is 5.65 Å². The molecule has 0 unspecified atom stereocenters. The predicted molar refractivity (Wildman–Crippen MR) is 91.9 cm³/mol. The van der Waals surface area contributed by atoms with Crippen molar-refractivity contribution in [2.45, 2.75) is 13.1 Å². The van der Waals surface area contributed by atoms with Crippen molar-refractivity contribution >= 4 is 22.4 Å². The van der Waals surface area contributed by atoms with E-state index in [1.807, 2.05) is 13.0 Å². The number of pyridine rings is 1. The van der Waals surface area contributed by atoms with E-state index in [9.17, 15) is 17.6 Å². The molecule has 26 heavy (non-hydrogen) atoms. The van der Waals surface area contributed by atoms with Crippen LogP contribution in [0.1, 0.15) is 10.4 Å². The number of nitrogens with zero attached hydrogens (tertiary/aromatic N) is 3. The van der Waals surface area contributed by atoms with E-state index >= 15 is 0 Å². The lowest BCUT2D eigenvalue weighted by atomic mass is 10.1. The number of hydrogen-bond donors (Lipinski definition) is 0. The van der Waals surface area contributed by atoms with Crippen LogP contribution in [-0.4, -0.2) is 14.8 Å². The topological polar surface area (TPSA) is 30.7 Å². The van der Waals surface area contributed by atoms with E-state index in [4.69, 9.17) is 0 Å². The van der Waals surface area contributed by atoms with Crippen molar-refractivity contribution in [3.8, 4) is 16.3 Å². The van der Waals surface area contributed by atoms with E-state index < -0.39 is 17.6 Å². The van der Waals surface area contributed by atoms with Gasteiger partial charge in [-0.2, -0.15) is 18.3 Å². The zero-order valence-corrected chi connectivity index (χ0v) is 14.2. The number of halogens is 4. The van der Waals surface area contributed by atoms with Crippen molar-refractivity contribution in [2.75, 3.05) is 0 Å². The maximum atomic E-state index is 14.1. The molecule has 0 radical (unpaired) electrons. The summed E-state index contributed by atoms with van der Waals surface area (Å²) in [6.45, 7) is 1.86. The second-order valence-electron chi connectivity index (χ2n) is 5.71. The zero-order chi connectivity index (χ0) is 18.5. The minimum Gasteiger partial charge on any atom is -0.227 e. The van der Waals surface area contributed by atoms with Crippen molar-refractivity contribution < 1.29 is 17.6 Å². The molecule has 0 amide bonds. The van der Waals surface area contributed by atoms with Gasteiger partial charge >= 0.3 is 6.18 Å². The molecule has 132 valence electrons. The van der Waals surface area contributed by atoms with Crippen molar-refractivity contribution in [1.29, 1.82) is 0 Å². The van der Waals surface area contributed by atoms with Gasteiger partial charge in [-0.25, -0.2) is 14.1 Å². The van der Waals surface area contributed by atoms with Crippen LogP contribution in [-0.2, 0) is 6.18 Å². The normalized spacial score (nSPS) is 12.0. The molecule has 3 nitrogen and oxygen atoms in total. The summed E-state index contributed by atoms with van der Waals surface area (Å²) >= 11 is 1.34. The van der Waals surface area contributed by atoms with Gasteiger partial charge in [-0.05, 0) is 37.3 Å². The number of aryl methyl sites for hydroxylation is 1. The third-order valence-electron chi connectivity index (χ3n) is 3.92. The van der Waals surface area contributed by atoms with Gasteiger partial charge in [0, 0.05) is 4.88 Å². The molecule has 3 aromatic heterocycles. The Bertz CT molecular complexity index is 1110. The molecule has 4 aromatic rings. The number of rotatable bonds is 2.